The summed E-state index contributed by atoms with van der Waals surface area (Å²) in [7, 11) is 0. The number of carbonyl (C=O) groups is 1. The maximum atomic E-state index is 11.6. The standard InChI is InChI=1S/C12H15N5O3/c18-10-3-8-16(12(20)15-10)9-11(19)13-4-1-6-17-7-2-5-14-17/h2-3,5,7-8H,1,4,6,9H2,(H,13,19)(H,15,18,20). The first-order valence-electron chi connectivity index (χ1n) is 6.19. The van der Waals surface area contributed by atoms with Crippen molar-refractivity contribution in [2.75, 3.05) is 6.54 Å². The van der Waals surface area contributed by atoms with Crippen LogP contribution in [0.15, 0.2) is 40.3 Å². The summed E-state index contributed by atoms with van der Waals surface area (Å²) in [6, 6.07) is 3.04. The number of carbonyl (C=O) groups excluding carboxylic acids is 1. The van der Waals surface area contributed by atoms with Gasteiger partial charge < -0.3 is 5.32 Å². The lowest BCUT2D eigenvalue weighted by Crippen LogP contribution is -2.35. The Kier molecular flexibility index (Phi) is 4.48. The first kappa shape index (κ1) is 13.8. The topological polar surface area (TPSA) is 102 Å². The number of nitrogens with one attached hydrogen (secondary N) is 2. The molecule has 0 spiro atoms. The second-order valence-electron chi connectivity index (χ2n) is 4.21. The molecule has 8 heteroatoms. The third-order valence-electron chi connectivity index (χ3n) is 2.66. The van der Waals surface area contributed by atoms with Gasteiger partial charge in [0, 0.05) is 37.7 Å². The van der Waals surface area contributed by atoms with Crippen molar-refractivity contribution in [2.45, 2.75) is 19.5 Å². The van der Waals surface area contributed by atoms with Crippen LogP contribution in [0.1, 0.15) is 6.42 Å². The van der Waals surface area contributed by atoms with Crippen molar-refractivity contribution in [3.63, 3.8) is 0 Å². The van der Waals surface area contributed by atoms with Gasteiger partial charge >= 0.3 is 5.69 Å². The molecule has 2 heterocycles. The molecule has 0 aliphatic heterocycles. The molecular weight excluding hydrogens is 262 g/mol. The van der Waals surface area contributed by atoms with Crippen LogP contribution in [0.4, 0.5) is 0 Å². The van der Waals surface area contributed by atoms with Crippen molar-refractivity contribution in [1.82, 2.24) is 24.6 Å². The van der Waals surface area contributed by atoms with Crippen LogP contribution in [-0.4, -0.2) is 31.8 Å². The van der Waals surface area contributed by atoms with Crippen molar-refractivity contribution in [3.8, 4) is 0 Å². The Morgan fingerprint density at radius 3 is 2.90 bits per heavy atom. The minimum Gasteiger partial charge on any atom is -0.354 e. The van der Waals surface area contributed by atoms with Gasteiger partial charge in [0.1, 0.15) is 6.54 Å². The Morgan fingerprint density at radius 2 is 2.20 bits per heavy atom. The highest BCUT2D eigenvalue weighted by Crippen LogP contribution is 1.88. The molecule has 0 fully saturated rings. The molecule has 8 nitrogen and oxygen atoms in total. The zero-order valence-electron chi connectivity index (χ0n) is 10.8. The van der Waals surface area contributed by atoms with E-state index in [2.05, 4.69) is 15.4 Å². The minimum absolute atomic E-state index is 0.114. The molecule has 2 rings (SSSR count). The number of rotatable bonds is 6. The van der Waals surface area contributed by atoms with Crippen LogP contribution in [0.25, 0.3) is 0 Å². The summed E-state index contributed by atoms with van der Waals surface area (Å²) in [5.41, 5.74) is -1.07. The van der Waals surface area contributed by atoms with Crippen LogP contribution in [0.2, 0.25) is 0 Å². The lowest BCUT2D eigenvalue weighted by atomic mass is 10.4. The summed E-state index contributed by atoms with van der Waals surface area (Å²) in [6.07, 6.45) is 5.58. The highest BCUT2D eigenvalue weighted by Gasteiger charge is 2.04. The first-order chi connectivity index (χ1) is 9.65. The van der Waals surface area contributed by atoms with E-state index in [1.807, 2.05) is 12.3 Å². The summed E-state index contributed by atoms with van der Waals surface area (Å²) in [5, 5.41) is 6.75. The van der Waals surface area contributed by atoms with Crippen molar-refractivity contribution in [2.24, 2.45) is 0 Å². The monoisotopic (exact) mass is 277 g/mol. The number of aromatic nitrogens is 4. The fourth-order valence-electron chi connectivity index (χ4n) is 1.68. The minimum atomic E-state index is -0.593. The Labute approximate surface area is 114 Å². The first-order valence-corrected chi connectivity index (χ1v) is 6.19. The van der Waals surface area contributed by atoms with E-state index < -0.39 is 11.2 Å². The van der Waals surface area contributed by atoms with E-state index in [0.717, 1.165) is 11.0 Å². The van der Waals surface area contributed by atoms with Crippen LogP contribution < -0.4 is 16.6 Å². The van der Waals surface area contributed by atoms with Gasteiger partial charge in [0.25, 0.3) is 5.56 Å². The molecule has 0 aliphatic rings. The fourth-order valence-corrected chi connectivity index (χ4v) is 1.68. The smallest absolute Gasteiger partial charge is 0.328 e. The normalized spacial score (nSPS) is 10.4. The number of hydrogen-bond acceptors (Lipinski definition) is 4. The number of nitrogens with zero attached hydrogens (tertiary/aromatic N) is 3. The van der Waals surface area contributed by atoms with Gasteiger partial charge in [0.2, 0.25) is 5.91 Å². The Morgan fingerprint density at radius 1 is 1.35 bits per heavy atom. The molecule has 2 aromatic rings. The average molecular weight is 277 g/mol. The Hall–Kier alpha value is -2.64. The molecular formula is C12H15N5O3. The second kappa shape index (κ2) is 6.50. The van der Waals surface area contributed by atoms with Crippen LogP contribution >= 0.6 is 0 Å². The summed E-state index contributed by atoms with van der Waals surface area (Å²) in [4.78, 5) is 36.0. The molecule has 2 N–H and O–H groups in total. The molecule has 2 aromatic heterocycles. The van der Waals surface area contributed by atoms with Crippen molar-refractivity contribution in [1.29, 1.82) is 0 Å². The van der Waals surface area contributed by atoms with Crippen LogP contribution in [0, 0.1) is 0 Å². The molecule has 0 radical (unpaired) electrons. The highest BCUT2D eigenvalue weighted by atomic mass is 16.2. The van der Waals surface area contributed by atoms with E-state index in [1.54, 1.807) is 10.9 Å². The molecule has 0 aliphatic carbocycles. The van der Waals surface area contributed by atoms with Gasteiger partial charge in [-0.15, -0.1) is 0 Å². The Balaban J connectivity index is 1.75. The Bertz CT molecular complexity index is 671. The molecule has 0 saturated heterocycles. The molecule has 106 valence electrons. The van der Waals surface area contributed by atoms with Gasteiger partial charge in [0.15, 0.2) is 0 Å². The molecule has 0 aromatic carbocycles. The van der Waals surface area contributed by atoms with Crippen LogP contribution in [0.5, 0.6) is 0 Å². The van der Waals surface area contributed by atoms with E-state index in [-0.39, 0.29) is 12.5 Å². The van der Waals surface area contributed by atoms with Gasteiger partial charge in [-0.3, -0.25) is 23.8 Å². The highest BCUT2D eigenvalue weighted by molar-refractivity contribution is 5.75. The average Bonchev–Trinajstić information content (AvgIpc) is 2.91. The quantitative estimate of drug-likeness (QED) is 0.657. The van der Waals surface area contributed by atoms with E-state index in [9.17, 15) is 14.4 Å². The molecule has 0 saturated carbocycles. The SMILES string of the molecule is O=C(Cn1ccc(=O)[nH]c1=O)NCCCn1cccn1. The molecule has 1 amide bonds. The van der Waals surface area contributed by atoms with E-state index in [0.29, 0.717) is 13.1 Å². The molecule has 20 heavy (non-hydrogen) atoms. The fraction of sp³-hybridized carbons (Fsp3) is 0.333. The zero-order chi connectivity index (χ0) is 14.4. The third kappa shape index (κ3) is 3.94. The van der Waals surface area contributed by atoms with E-state index >= 15 is 0 Å². The number of H-pyrrole nitrogens is 1. The van der Waals surface area contributed by atoms with Gasteiger partial charge in [0.05, 0.1) is 0 Å². The third-order valence-corrected chi connectivity index (χ3v) is 2.66. The van der Waals surface area contributed by atoms with Gasteiger partial charge in [-0.2, -0.15) is 5.10 Å². The van der Waals surface area contributed by atoms with Crippen LogP contribution in [-0.2, 0) is 17.9 Å². The number of aromatic amines is 1. The summed E-state index contributed by atoms with van der Waals surface area (Å²) in [6.45, 7) is 1.10. The molecule has 0 atom stereocenters. The summed E-state index contributed by atoms with van der Waals surface area (Å²) in [5.74, 6) is -0.278. The van der Waals surface area contributed by atoms with E-state index in [4.69, 9.17) is 0 Å². The van der Waals surface area contributed by atoms with Crippen molar-refractivity contribution < 1.29 is 4.79 Å². The second-order valence-corrected chi connectivity index (χ2v) is 4.21. The number of aryl methyl sites for hydroxylation is 1. The number of amides is 1. The summed E-state index contributed by atoms with van der Waals surface area (Å²) >= 11 is 0. The maximum absolute atomic E-state index is 11.6. The molecule has 0 unspecified atom stereocenters. The number of hydrogen-bond donors (Lipinski definition) is 2. The lowest BCUT2D eigenvalue weighted by molar-refractivity contribution is -0.121. The van der Waals surface area contributed by atoms with E-state index in [1.165, 1.54) is 12.3 Å². The van der Waals surface area contributed by atoms with Gasteiger partial charge in [-0.1, -0.05) is 0 Å². The maximum Gasteiger partial charge on any atom is 0.328 e. The largest absolute Gasteiger partial charge is 0.354 e. The predicted molar refractivity (Wildman–Crippen MR) is 71.2 cm³/mol. The predicted octanol–water partition coefficient (Wildman–Crippen LogP) is -1.06. The van der Waals surface area contributed by atoms with Crippen LogP contribution in [0.3, 0.4) is 0 Å². The lowest BCUT2D eigenvalue weighted by Gasteiger charge is -2.06. The summed E-state index contributed by atoms with van der Waals surface area (Å²) < 4.78 is 2.92. The van der Waals surface area contributed by atoms with Gasteiger partial charge in [-0.25, -0.2) is 4.79 Å². The zero-order valence-corrected chi connectivity index (χ0v) is 10.8. The van der Waals surface area contributed by atoms with Crippen molar-refractivity contribution >= 4 is 5.91 Å². The molecule has 0 bridgehead atoms. The van der Waals surface area contributed by atoms with Crippen molar-refractivity contribution in [3.05, 3.63) is 51.6 Å². The van der Waals surface area contributed by atoms with Gasteiger partial charge in [-0.05, 0) is 12.5 Å².